The number of rotatable bonds is 6. The minimum absolute atomic E-state index is 0.668. The Morgan fingerprint density at radius 2 is 0.982 bits per heavy atom. The summed E-state index contributed by atoms with van der Waals surface area (Å²) < 4.78 is 9.14. The molecule has 0 bridgehead atoms. The Bertz CT molecular complexity index is 3220. The van der Waals surface area contributed by atoms with Crippen molar-refractivity contribution in [1.29, 1.82) is 0 Å². The second kappa shape index (κ2) is 13.1. The molecular weight excluding hydrogens is 683 g/mol. The molecule has 11 aromatic rings. The molecule has 0 radical (unpaired) electrons. The molecule has 0 aliphatic rings. The smallest absolute Gasteiger partial charge is 0.180 e. The summed E-state index contributed by atoms with van der Waals surface area (Å²) in [7, 11) is 0. The van der Waals surface area contributed by atoms with Crippen LogP contribution in [0, 0.1) is 0 Å². The first-order valence-electron chi connectivity index (χ1n) is 18.9. The maximum atomic E-state index is 6.75. The van der Waals surface area contributed by atoms with Gasteiger partial charge in [0, 0.05) is 38.5 Å². The number of hydrogen-bond donors (Lipinski definition) is 0. The van der Waals surface area contributed by atoms with Crippen LogP contribution in [0.25, 0.3) is 106 Å². The summed E-state index contributed by atoms with van der Waals surface area (Å²) >= 11 is 0. The van der Waals surface area contributed by atoms with Crippen molar-refractivity contribution >= 4 is 43.9 Å². The Morgan fingerprint density at radius 3 is 1.79 bits per heavy atom. The molecule has 56 heavy (non-hydrogen) atoms. The van der Waals surface area contributed by atoms with Gasteiger partial charge in [-0.05, 0) is 64.2 Å². The highest BCUT2D eigenvalue weighted by Gasteiger charge is 2.20. The Hall–Kier alpha value is -7.56. The van der Waals surface area contributed by atoms with E-state index >= 15 is 0 Å². The van der Waals surface area contributed by atoms with Gasteiger partial charge in [0.1, 0.15) is 16.8 Å². The predicted octanol–water partition coefficient (Wildman–Crippen LogP) is 13.8. The largest absolute Gasteiger partial charge is 0.452 e. The van der Waals surface area contributed by atoms with Gasteiger partial charge in [-0.15, -0.1) is 0 Å². The molecule has 3 heterocycles. The van der Waals surface area contributed by atoms with Crippen LogP contribution in [0.15, 0.2) is 205 Å². The molecule has 0 fully saturated rings. The molecule has 4 heteroatoms. The zero-order valence-corrected chi connectivity index (χ0v) is 30.3. The van der Waals surface area contributed by atoms with Crippen LogP contribution < -0.4 is 0 Å². The van der Waals surface area contributed by atoms with Gasteiger partial charge < -0.3 is 8.98 Å². The van der Waals surface area contributed by atoms with E-state index in [9.17, 15) is 0 Å². The number of para-hydroxylation sites is 3. The number of benzene rings is 8. The minimum atomic E-state index is 0.668. The molecule has 0 atom stereocenters. The Balaban J connectivity index is 1.05. The molecule has 0 saturated heterocycles. The SMILES string of the molecule is c1ccc(-c2ccc(-c3nc(-c4ccccc4)nc4c3oc3cc(-c5cccc(-c6cccc7c8ccccc8n(-c8ccccc8)c67)c5)ccc34)cc2)cc1. The van der Waals surface area contributed by atoms with Crippen molar-refractivity contribution in [2.45, 2.75) is 0 Å². The van der Waals surface area contributed by atoms with Gasteiger partial charge in [-0.2, -0.15) is 0 Å². The molecule has 0 N–H and O–H groups in total. The molecule has 0 aliphatic heterocycles. The van der Waals surface area contributed by atoms with Gasteiger partial charge in [-0.25, -0.2) is 9.97 Å². The van der Waals surface area contributed by atoms with Gasteiger partial charge >= 0.3 is 0 Å². The van der Waals surface area contributed by atoms with Crippen molar-refractivity contribution in [3.8, 4) is 61.7 Å². The lowest BCUT2D eigenvalue weighted by Crippen LogP contribution is -1.95. The van der Waals surface area contributed by atoms with Crippen LogP contribution >= 0.6 is 0 Å². The Kier molecular flexibility index (Phi) is 7.46. The standard InChI is InChI=1S/C52H33N3O/c1-4-14-34(15-5-1)35-26-28-36(29-27-35)48-51-49(54-52(53-48)37-16-6-2-7-17-37)45-31-30-39(33-47(45)56-51)38-18-12-19-40(32-38)42-23-13-24-44-43-22-10-11-25-46(43)55(50(42)44)41-20-8-3-9-21-41/h1-33H. The summed E-state index contributed by atoms with van der Waals surface area (Å²) in [6, 6.07) is 70.4. The molecule has 0 unspecified atom stereocenters. The van der Waals surface area contributed by atoms with E-state index in [1.165, 1.54) is 32.9 Å². The van der Waals surface area contributed by atoms with Gasteiger partial charge in [-0.3, -0.25) is 0 Å². The monoisotopic (exact) mass is 715 g/mol. The van der Waals surface area contributed by atoms with Gasteiger partial charge in [0.15, 0.2) is 11.4 Å². The molecule has 262 valence electrons. The van der Waals surface area contributed by atoms with E-state index < -0.39 is 0 Å². The fourth-order valence-corrected chi connectivity index (χ4v) is 8.15. The van der Waals surface area contributed by atoms with Crippen LogP contribution in [0.5, 0.6) is 0 Å². The second-order valence-corrected chi connectivity index (χ2v) is 14.2. The lowest BCUT2D eigenvalue weighted by molar-refractivity contribution is 0.667. The number of fused-ring (bicyclic) bond motifs is 6. The topological polar surface area (TPSA) is 43.9 Å². The summed E-state index contributed by atoms with van der Waals surface area (Å²) in [4.78, 5) is 10.2. The van der Waals surface area contributed by atoms with Crippen molar-refractivity contribution in [2.24, 2.45) is 0 Å². The maximum Gasteiger partial charge on any atom is 0.180 e. The van der Waals surface area contributed by atoms with Crippen molar-refractivity contribution < 1.29 is 4.42 Å². The van der Waals surface area contributed by atoms with Crippen LogP contribution in [-0.4, -0.2) is 14.5 Å². The highest BCUT2D eigenvalue weighted by atomic mass is 16.3. The summed E-state index contributed by atoms with van der Waals surface area (Å²) in [6.07, 6.45) is 0. The quantitative estimate of drug-likeness (QED) is 0.172. The Morgan fingerprint density at radius 1 is 0.393 bits per heavy atom. The van der Waals surface area contributed by atoms with Crippen LogP contribution in [0.4, 0.5) is 0 Å². The highest BCUT2D eigenvalue weighted by Crippen LogP contribution is 2.41. The maximum absolute atomic E-state index is 6.75. The molecule has 11 rings (SSSR count). The molecule has 0 spiro atoms. The molecule has 3 aromatic heterocycles. The molecule has 8 aromatic carbocycles. The average molecular weight is 716 g/mol. The zero-order valence-electron chi connectivity index (χ0n) is 30.3. The fraction of sp³-hybridized carbons (Fsp3) is 0. The minimum Gasteiger partial charge on any atom is -0.452 e. The first kappa shape index (κ1) is 31.9. The van der Waals surface area contributed by atoms with E-state index in [4.69, 9.17) is 14.4 Å². The fourth-order valence-electron chi connectivity index (χ4n) is 8.15. The third-order valence-corrected chi connectivity index (χ3v) is 10.8. The normalized spacial score (nSPS) is 11.6. The lowest BCUT2D eigenvalue weighted by atomic mass is 9.97. The third-order valence-electron chi connectivity index (χ3n) is 10.8. The van der Waals surface area contributed by atoms with Crippen molar-refractivity contribution in [3.05, 3.63) is 200 Å². The summed E-state index contributed by atoms with van der Waals surface area (Å²) in [6.45, 7) is 0. The number of aromatic nitrogens is 3. The summed E-state index contributed by atoms with van der Waals surface area (Å²) in [5.74, 6) is 0.668. The van der Waals surface area contributed by atoms with E-state index in [1.54, 1.807) is 0 Å². The summed E-state index contributed by atoms with van der Waals surface area (Å²) in [5, 5.41) is 3.43. The number of furan rings is 1. The van der Waals surface area contributed by atoms with Gasteiger partial charge in [0.2, 0.25) is 0 Å². The Labute approximate surface area is 323 Å². The predicted molar refractivity (Wildman–Crippen MR) is 231 cm³/mol. The first-order chi connectivity index (χ1) is 27.8. The average Bonchev–Trinajstić information content (AvgIpc) is 3.83. The van der Waals surface area contributed by atoms with Gasteiger partial charge in [0.25, 0.3) is 0 Å². The number of nitrogens with zero attached hydrogens (tertiary/aromatic N) is 3. The van der Waals surface area contributed by atoms with Gasteiger partial charge in [0.05, 0.1) is 11.0 Å². The van der Waals surface area contributed by atoms with Crippen LogP contribution in [0.2, 0.25) is 0 Å². The van der Waals surface area contributed by atoms with Crippen molar-refractivity contribution in [3.63, 3.8) is 0 Å². The van der Waals surface area contributed by atoms with Crippen molar-refractivity contribution in [2.75, 3.05) is 0 Å². The molecule has 4 nitrogen and oxygen atoms in total. The van der Waals surface area contributed by atoms with E-state index in [1.807, 2.05) is 24.3 Å². The van der Waals surface area contributed by atoms with Crippen LogP contribution in [0.1, 0.15) is 0 Å². The van der Waals surface area contributed by atoms with Gasteiger partial charge in [-0.1, -0.05) is 164 Å². The molecular formula is C52H33N3O. The second-order valence-electron chi connectivity index (χ2n) is 14.2. The van der Waals surface area contributed by atoms with Crippen LogP contribution in [0.3, 0.4) is 0 Å². The molecule has 0 amide bonds. The van der Waals surface area contributed by atoms with Crippen molar-refractivity contribution in [1.82, 2.24) is 14.5 Å². The first-order valence-corrected chi connectivity index (χ1v) is 18.9. The van der Waals surface area contributed by atoms with E-state index in [0.29, 0.717) is 11.4 Å². The van der Waals surface area contributed by atoms with Crippen LogP contribution in [-0.2, 0) is 0 Å². The van der Waals surface area contributed by atoms with E-state index in [2.05, 4.69) is 180 Å². The molecule has 0 saturated carbocycles. The summed E-state index contributed by atoms with van der Waals surface area (Å²) in [5.41, 5.74) is 15.3. The number of hydrogen-bond acceptors (Lipinski definition) is 3. The highest BCUT2D eigenvalue weighted by molar-refractivity contribution is 6.14. The third kappa shape index (κ3) is 5.31. The van der Waals surface area contributed by atoms with E-state index in [-0.39, 0.29) is 0 Å². The van der Waals surface area contributed by atoms with E-state index in [0.717, 1.165) is 61.2 Å². The molecule has 0 aliphatic carbocycles. The zero-order chi connectivity index (χ0) is 37.0. The lowest BCUT2D eigenvalue weighted by Gasteiger charge is -2.12.